The van der Waals surface area contributed by atoms with Crippen LogP contribution in [-0.4, -0.2) is 58.5 Å². The summed E-state index contributed by atoms with van der Waals surface area (Å²) in [4.78, 5) is 29.7. The van der Waals surface area contributed by atoms with Crippen LogP contribution >= 0.6 is 23.4 Å². The minimum atomic E-state index is -4.62. The first-order valence-corrected chi connectivity index (χ1v) is 13.4. The molecule has 2 fully saturated rings. The van der Waals surface area contributed by atoms with E-state index in [1.807, 2.05) is 41.5 Å². The summed E-state index contributed by atoms with van der Waals surface area (Å²) in [6.45, 7) is 1.18. The van der Waals surface area contributed by atoms with Gasteiger partial charge in [-0.3, -0.25) is 10.1 Å². The molecular formula is C25H28ClF3N4O2S. The fourth-order valence-electron chi connectivity index (χ4n) is 4.81. The Morgan fingerprint density at radius 3 is 2.53 bits per heavy atom. The van der Waals surface area contributed by atoms with Gasteiger partial charge < -0.3 is 15.1 Å². The molecule has 36 heavy (non-hydrogen) atoms. The van der Waals surface area contributed by atoms with Crippen molar-refractivity contribution in [2.24, 2.45) is 0 Å². The SMILES string of the molecule is CSCCC1NC2(CCN(C(=O)Nc3ccc(Cl)c(C(F)(F)F)c3)CC2)N(Cc2ccccc2)C1=O. The van der Waals surface area contributed by atoms with Crippen LogP contribution in [0.15, 0.2) is 48.5 Å². The molecule has 2 aliphatic rings. The van der Waals surface area contributed by atoms with E-state index in [0.717, 1.165) is 29.9 Å². The number of carbonyl (C=O) groups is 2. The van der Waals surface area contributed by atoms with E-state index in [0.29, 0.717) is 32.5 Å². The van der Waals surface area contributed by atoms with Gasteiger partial charge in [-0.05, 0) is 42.2 Å². The summed E-state index contributed by atoms with van der Waals surface area (Å²) in [7, 11) is 0. The number of nitrogens with zero attached hydrogens (tertiary/aromatic N) is 2. The molecule has 2 N–H and O–H groups in total. The topological polar surface area (TPSA) is 64.7 Å². The van der Waals surface area contributed by atoms with Crippen molar-refractivity contribution in [3.05, 3.63) is 64.7 Å². The highest BCUT2D eigenvalue weighted by molar-refractivity contribution is 7.98. The molecular weight excluding hydrogens is 513 g/mol. The number of rotatable bonds is 6. The lowest BCUT2D eigenvalue weighted by atomic mass is 9.95. The number of hydrogen-bond acceptors (Lipinski definition) is 4. The van der Waals surface area contributed by atoms with Crippen molar-refractivity contribution in [1.29, 1.82) is 0 Å². The van der Waals surface area contributed by atoms with Crippen molar-refractivity contribution in [2.75, 3.05) is 30.4 Å². The average Bonchev–Trinajstić information content (AvgIpc) is 3.09. The summed E-state index contributed by atoms with van der Waals surface area (Å²) in [6.07, 6.45) is -0.862. The summed E-state index contributed by atoms with van der Waals surface area (Å²) in [5.41, 5.74) is -0.521. The van der Waals surface area contributed by atoms with Gasteiger partial charge >= 0.3 is 12.2 Å². The Morgan fingerprint density at radius 1 is 1.19 bits per heavy atom. The van der Waals surface area contributed by atoms with Crippen LogP contribution in [0.1, 0.15) is 30.4 Å². The van der Waals surface area contributed by atoms with Crippen LogP contribution in [0.4, 0.5) is 23.7 Å². The first-order valence-electron chi connectivity index (χ1n) is 11.7. The molecule has 2 aromatic rings. The van der Waals surface area contributed by atoms with Gasteiger partial charge in [0.1, 0.15) is 0 Å². The minimum absolute atomic E-state index is 0.0222. The fraction of sp³-hybridized carbons (Fsp3) is 0.440. The number of thioether (sulfide) groups is 1. The monoisotopic (exact) mass is 540 g/mol. The van der Waals surface area contributed by atoms with E-state index in [1.165, 1.54) is 6.07 Å². The van der Waals surface area contributed by atoms with Crippen LogP contribution in [0, 0.1) is 0 Å². The van der Waals surface area contributed by atoms with Gasteiger partial charge in [-0.15, -0.1) is 0 Å². The molecule has 3 amide bonds. The molecule has 0 bridgehead atoms. The standard InChI is InChI=1S/C25H28ClF3N4O2S/c1-36-14-9-21-22(34)33(16-17-5-3-2-4-6-17)24(31-21)10-12-32(13-11-24)23(35)30-18-7-8-20(26)19(15-18)25(27,28)29/h2-8,15,21,31H,9-14,16H2,1H3,(H,30,35). The predicted molar refractivity (Wildman–Crippen MR) is 136 cm³/mol. The van der Waals surface area contributed by atoms with Crippen LogP contribution in [0.5, 0.6) is 0 Å². The molecule has 2 heterocycles. The molecule has 1 spiro atoms. The van der Waals surface area contributed by atoms with Gasteiger partial charge in [0.25, 0.3) is 0 Å². The van der Waals surface area contributed by atoms with E-state index >= 15 is 0 Å². The highest BCUT2D eigenvalue weighted by atomic mass is 35.5. The molecule has 0 aliphatic carbocycles. The molecule has 6 nitrogen and oxygen atoms in total. The number of nitrogens with one attached hydrogen (secondary N) is 2. The highest BCUT2D eigenvalue weighted by Gasteiger charge is 2.51. The van der Waals surface area contributed by atoms with Gasteiger partial charge in [-0.25, -0.2) is 4.79 Å². The van der Waals surface area contributed by atoms with Crippen LogP contribution in [-0.2, 0) is 17.5 Å². The molecule has 0 radical (unpaired) electrons. The molecule has 2 saturated heterocycles. The van der Waals surface area contributed by atoms with Crippen molar-refractivity contribution >= 4 is 41.0 Å². The largest absolute Gasteiger partial charge is 0.417 e. The zero-order valence-electron chi connectivity index (χ0n) is 19.8. The first kappa shape index (κ1) is 26.6. The smallest absolute Gasteiger partial charge is 0.324 e. The molecule has 11 heteroatoms. The highest BCUT2D eigenvalue weighted by Crippen LogP contribution is 2.37. The van der Waals surface area contributed by atoms with Crippen molar-refractivity contribution in [3.63, 3.8) is 0 Å². The summed E-state index contributed by atoms with van der Waals surface area (Å²) < 4.78 is 39.5. The lowest BCUT2D eigenvalue weighted by Crippen LogP contribution is -2.59. The van der Waals surface area contributed by atoms with Crippen molar-refractivity contribution in [3.8, 4) is 0 Å². The summed E-state index contributed by atoms with van der Waals surface area (Å²) in [6, 6.07) is 12.3. The zero-order valence-corrected chi connectivity index (χ0v) is 21.3. The van der Waals surface area contributed by atoms with Gasteiger partial charge in [0.2, 0.25) is 5.91 Å². The van der Waals surface area contributed by atoms with Gasteiger partial charge in [0.15, 0.2) is 0 Å². The summed E-state index contributed by atoms with van der Waals surface area (Å²) in [5.74, 6) is 0.917. The minimum Gasteiger partial charge on any atom is -0.324 e. The van der Waals surface area contributed by atoms with Gasteiger partial charge in [0.05, 0.1) is 22.3 Å². The maximum absolute atomic E-state index is 13.3. The summed E-state index contributed by atoms with van der Waals surface area (Å²) >= 11 is 7.37. The molecule has 0 aromatic heterocycles. The van der Waals surface area contributed by atoms with Crippen LogP contribution in [0.25, 0.3) is 0 Å². The molecule has 4 rings (SSSR count). The van der Waals surface area contributed by atoms with Crippen molar-refractivity contribution < 1.29 is 22.8 Å². The number of piperidine rings is 1. The molecule has 1 atom stereocenters. The number of anilines is 1. The van der Waals surface area contributed by atoms with Gasteiger partial charge in [-0.1, -0.05) is 41.9 Å². The number of likely N-dealkylation sites (tertiary alicyclic amines) is 1. The van der Waals surface area contributed by atoms with E-state index < -0.39 is 28.5 Å². The maximum Gasteiger partial charge on any atom is 0.417 e. The van der Waals surface area contributed by atoms with Gasteiger partial charge in [-0.2, -0.15) is 24.9 Å². The number of hydrogen-bond donors (Lipinski definition) is 2. The zero-order chi connectivity index (χ0) is 25.9. The molecule has 2 aromatic carbocycles. The van der Waals surface area contributed by atoms with Crippen LogP contribution in [0.3, 0.4) is 0 Å². The first-order chi connectivity index (χ1) is 17.1. The second kappa shape index (κ2) is 10.9. The van der Waals surface area contributed by atoms with Crippen molar-refractivity contribution in [2.45, 2.75) is 43.7 Å². The predicted octanol–water partition coefficient (Wildman–Crippen LogP) is 5.44. The Morgan fingerprint density at radius 2 is 1.89 bits per heavy atom. The number of alkyl halides is 3. The Hall–Kier alpha value is -2.43. The second-order valence-corrected chi connectivity index (χ2v) is 10.4. The Balaban J connectivity index is 1.45. The third-order valence-electron chi connectivity index (χ3n) is 6.72. The van der Waals surface area contributed by atoms with Crippen LogP contribution in [0.2, 0.25) is 5.02 Å². The number of carbonyl (C=O) groups excluding carboxylic acids is 2. The molecule has 0 saturated carbocycles. The van der Waals surface area contributed by atoms with E-state index in [-0.39, 0.29) is 17.6 Å². The lowest BCUT2D eigenvalue weighted by molar-refractivity contribution is -0.137. The lowest BCUT2D eigenvalue weighted by Gasteiger charge is -2.44. The van der Waals surface area contributed by atoms with Crippen LogP contribution < -0.4 is 10.6 Å². The number of amides is 3. The Labute approximate surface area is 217 Å². The van der Waals surface area contributed by atoms with E-state index in [4.69, 9.17) is 11.6 Å². The number of halogens is 4. The maximum atomic E-state index is 13.3. The quantitative estimate of drug-likeness (QED) is 0.512. The average molecular weight is 541 g/mol. The van der Waals surface area contributed by atoms with E-state index in [9.17, 15) is 22.8 Å². The number of urea groups is 1. The van der Waals surface area contributed by atoms with Gasteiger partial charge in [0, 0.05) is 38.2 Å². The van der Waals surface area contributed by atoms with E-state index in [1.54, 1.807) is 16.7 Å². The molecule has 1 unspecified atom stereocenters. The Kier molecular flexibility index (Phi) is 8.06. The normalized spacial score (nSPS) is 19.7. The van der Waals surface area contributed by atoms with Crippen molar-refractivity contribution in [1.82, 2.24) is 15.1 Å². The summed E-state index contributed by atoms with van der Waals surface area (Å²) in [5, 5.41) is 5.69. The second-order valence-electron chi connectivity index (χ2n) is 9.03. The number of benzene rings is 2. The van der Waals surface area contributed by atoms with E-state index in [2.05, 4.69) is 10.6 Å². The molecule has 2 aliphatic heterocycles. The Bertz CT molecular complexity index is 1090. The fourth-order valence-corrected chi connectivity index (χ4v) is 5.50. The molecule has 194 valence electrons. The third kappa shape index (κ3) is 5.76. The third-order valence-corrected chi connectivity index (χ3v) is 7.69.